The first-order valence-corrected chi connectivity index (χ1v) is 8.99. The summed E-state index contributed by atoms with van der Waals surface area (Å²) in [4.78, 5) is 13.8. The van der Waals surface area contributed by atoms with Crippen molar-refractivity contribution in [1.29, 1.82) is 0 Å². The highest BCUT2D eigenvalue weighted by Crippen LogP contribution is 2.29. The van der Waals surface area contributed by atoms with Gasteiger partial charge in [0.05, 0.1) is 33.4 Å². The molecule has 0 aromatic heterocycles. The number of rotatable bonds is 6. The van der Waals surface area contributed by atoms with E-state index < -0.39 is 0 Å². The normalized spacial score (nSPS) is 17.5. The largest absolute Gasteiger partial charge is 0.497 e. The van der Waals surface area contributed by atoms with Crippen molar-refractivity contribution in [2.45, 2.75) is 45.1 Å². The van der Waals surface area contributed by atoms with E-state index in [1.165, 1.54) is 37.0 Å². The molecule has 24 heavy (non-hydrogen) atoms. The van der Waals surface area contributed by atoms with E-state index in [0.717, 1.165) is 30.2 Å². The van der Waals surface area contributed by atoms with E-state index in [0.29, 0.717) is 6.54 Å². The number of hydrogen-bond donors (Lipinski definition) is 2. The van der Waals surface area contributed by atoms with Crippen molar-refractivity contribution < 1.29 is 19.2 Å². The Morgan fingerprint density at radius 2 is 1.79 bits per heavy atom. The predicted molar refractivity (Wildman–Crippen MR) is 94.8 cm³/mol. The van der Waals surface area contributed by atoms with Crippen LogP contribution in [0.2, 0.25) is 0 Å². The summed E-state index contributed by atoms with van der Waals surface area (Å²) in [7, 11) is 3.28. The highest BCUT2D eigenvalue weighted by Gasteiger charge is 2.19. The summed E-state index contributed by atoms with van der Waals surface area (Å²) < 4.78 is 10.7. The Kier molecular flexibility index (Phi) is 7.37. The first-order valence-electron chi connectivity index (χ1n) is 8.99. The second-order valence-electron chi connectivity index (χ2n) is 6.59. The number of likely N-dealkylation sites (tertiary alicyclic amines) is 1. The Hall–Kier alpha value is -1.75. The van der Waals surface area contributed by atoms with Crippen molar-refractivity contribution >= 4 is 5.91 Å². The third kappa shape index (κ3) is 5.41. The van der Waals surface area contributed by atoms with Crippen molar-refractivity contribution in [2.75, 3.05) is 33.9 Å². The Morgan fingerprint density at radius 1 is 1.12 bits per heavy atom. The fraction of sp³-hybridized carbons (Fsp3) is 0.632. The van der Waals surface area contributed by atoms with Gasteiger partial charge in [0.25, 0.3) is 5.91 Å². The molecule has 0 unspecified atom stereocenters. The molecule has 5 nitrogen and oxygen atoms in total. The van der Waals surface area contributed by atoms with Crippen LogP contribution in [0.4, 0.5) is 0 Å². The van der Waals surface area contributed by atoms with Crippen molar-refractivity contribution in [1.82, 2.24) is 5.32 Å². The third-order valence-corrected chi connectivity index (χ3v) is 4.75. The maximum Gasteiger partial charge on any atom is 0.275 e. The summed E-state index contributed by atoms with van der Waals surface area (Å²) >= 11 is 0. The summed E-state index contributed by atoms with van der Waals surface area (Å²) in [6.45, 7) is 4.74. The minimum Gasteiger partial charge on any atom is -0.497 e. The molecule has 1 aromatic carbocycles. The summed E-state index contributed by atoms with van der Waals surface area (Å²) in [6, 6.07) is 5.55. The molecule has 1 aliphatic heterocycles. The Balaban J connectivity index is 1.95. The molecule has 0 spiro atoms. The van der Waals surface area contributed by atoms with Gasteiger partial charge in [-0.3, -0.25) is 4.79 Å². The number of carbonyl (C=O) groups is 1. The Labute approximate surface area is 145 Å². The molecule has 2 N–H and O–H groups in total. The SMILES string of the molecule is COc1ccc(OC)c([C@@H](C)NC(=O)C[NH+]2CCCCCCC2)c1. The van der Waals surface area contributed by atoms with Crippen LogP contribution in [-0.2, 0) is 4.79 Å². The molecule has 1 aliphatic rings. The van der Waals surface area contributed by atoms with Crippen LogP contribution in [0.1, 0.15) is 50.6 Å². The third-order valence-electron chi connectivity index (χ3n) is 4.75. The van der Waals surface area contributed by atoms with Gasteiger partial charge < -0.3 is 19.7 Å². The lowest BCUT2D eigenvalue weighted by Gasteiger charge is -2.23. The zero-order valence-electron chi connectivity index (χ0n) is 15.2. The van der Waals surface area contributed by atoms with Crippen LogP contribution in [0, 0.1) is 0 Å². The van der Waals surface area contributed by atoms with Gasteiger partial charge in [-0.05, 0) is 50.8 Å². The van der Waals surface area contributed by atoms with Gasteiger partial charge in [-0.1, -0.05) is 6.42 Å². The van der Waals surface area contributed by atoms with Gasteiger partial charge in [-0.15, -0.1) is 0 Å². The van der Waals surface area contributed by atoms with Crippen LogP contribution in [0.3, 0.4) is 0 Å². The standard InChI is InChI=1S/C19H30N2O3/c1-15(17-13-16(23-2)9-10-18(17)24-3)20-19(22)14-21-11-7-5-4-6-8-12-21/h9-10,13,15H,4-8,11-12,14H2,1-3H3,(H,20,22)/p+1/t15-/m1/s1. The minimum absolute atomic E-state index is 0.1000. The molecule has 1 amide bonds. The summed E-state index contributed by atoms with van der Waals surface area (Å²) in [6.07, 6.45) is 6.38. The molecule has 0 radical (unpaired) electrons. The fourth-order valence-electron chi connectivity index (χ4n) is 3.36. The van der Waals surface area contributed by atoms with Crippen LogP contribution in [0.15, 0.2) is 18.2 Å². The summed E-state index contributed by atoms with van der Waals surface area (Å²) in [5.41, 5.74) is 0.938. The van der Waals surface area contributed by atoms with Crippen LogP contribution in [-0.4, -0.2) is 39.8 Å². The number of amides is 1. The second kappa shape index (κ2) is 9.52. The Bertz CT molecular complexity index is 525. The van der Waals surface area contributed by atoms with Gasteiger partial charge in [0.15, 0.2) is 6.54 Å². The average Bonchev–Trinajstić information content (AvgIpc) is 2.56. The van der Waals surface area contributed by atoms with E-state index in [1.807, 2.05) is 25.1 Å². The van der Waals surface area contributed by atoms with Gasteiger partial charge in [0, 0.05) is 5.56 Å². The molecule has 5 heteroatoms. The number of benzene rings is 1. The van der Waals surface area contributed by atoms with Crippen molar-refractivity contribution in [3.8, 4) is 11.5 Å². The first-order chi connectivity index (χ1) is 11.6. The molecule has 1 saturated heterocycles. The average molecular weight is 335 g/mol. The number of hydrogen-bond acceptors (Lipinski definition) is 3. The fourth-order valence-corrected chi connectivity index (χ4v) is 3.36. The van der Waals surface area contributed by atoms with E-state index >= 15 is 0 Å². The van der Waals surface area contributed by atoms with E-state index in [9.17, 15) is 4.79 Å². The van der Waals surface area contributed by atoms with E-state index in [2.05, 4.69) is 5.32 Å². The predicted octanol–water partition coefficient (Wildman–Crippen LogP) is 1.73. The quantitative estimate of drug-likeness (QED) is 0.832. The molecule has 2 rings (SSSR count). The highest BCUT2D eigenvalue weighted by molar-refractivity contribution is 5.77. The smallest absolute Gasteiger partial charge is 0.275 e. The number of nitrogens with one attached hydrogen (secondary N) is 2. The van der Waals surface area contributed by atoms with Gasteiger partial charge >= 0.3 is 0 Å². The van der Waals surface area contributed by atoms with Crippen molar-refractivity contribution in [2.24, 2.45) is 0 Å². The molecule has 0 bridgehead atoms. The van der Waals surface area contributed by atoms with E-state index in [1.54, 1.807) is 14.2 Å². The van der Waals surface area contributed by atoms with E-state index in [4.69, 9.17) is 9.47 Å². The number of quaternary nitrogens is 1. The van der Waals surface area contributed by atoms with Crippen LogP contribution in [0.25, 0.3) is 0 Å². The molecule has 1 heterocycles. The highest BCUT2D eigenvalue weighted by atomic mass is 16.5. The maximum absolute atomic E-state index is 12.4. The topological polar surface area (TPSA) is 52.0 Å². The van der Waals surface area contributed by atoms with Gasteiger partial charge in [0.1, 0.15) is 11.5 Å². The number of ether oxygens (including phenoxy) is 2. The van der Waals surface area contributed by atoms with Crippen molar-refractivity contribution in [3.63, 3.8) is 0 Å². The number of carbonyl (C=O) groups excluding carboxylic acids is 1. The molecule has 134 valence electrons. The van der Waals surface area contributed by atoms with Gasteiger partial charge in [-0.25, -0.2) is 0 Å². The molecule has 1 atom stereocenters. The van der Waals surface area contributed by atoms with Crippen LogP contribution in [0.5, 0.6) is 11.5 Å². The van der Waals surface area contributed by atoms with Gasteiger partial charge in [0.2, 0.25) is 0 Å². The molecular weight excluding hydrogens is 304 g/mol. The molecule has 0 aliphatic carbocycles. The van der Waals surface area contributed by atoms with E-state index in [-0.39, 0.29) is 11.9 Å². The lowest BCUT2D eigenvalue weighted by molar-refractivity contribution is -0.893. The lowest BCUT2D eigenvalue weighted by atomic mass is 10.1. The summed E-state index contributed by atoms with van der Waals surface area (Å²) in [5.74, 6) is 1.63. The number of methoxy groups -OCH3 is 2. The first kappa shape index (κ1) is 18.6. The van der Waals surface area contributed by atoms with Gasteiger partial charge in [-0.2, -0.15) is 0 Å². The zero-order valence-corrected chi connectivity index (χ0v) is 15.2. The maximum atomic E-state index is 12.4. The minimum atomic E-state index is -0.114. The Morgan fingerprint density at radius 3 is 2.42 bits per heavy atom. The zero-order chi connectivity index (χ0) is 17.4. The summed E-state index contributed by atoms with van der Waals surface area (Å²) in [5, 5.41) is 3.11. The van der Waals surface area contributed by atoms with Crippen LogP contribution >= 0.6 is 0 Å². The molecular formula is C19H31N2O3+. The van der Waals surface area contributed by atoms with Crippen molar-refractivity contribution in [3.05, 3.63) is 23.8 Å². The molecule has 1 fully saturated rings. The lowest BCUT2D eigenvalue weighted by Crippen LogP contribution is -3.13. The van der Waals surface area contributed by atoms with Crippen LogP contribution < -0.4 is 19.7 Å². The monoisotopic (exact) mass is 335 g/mol. The second-order valence-corrected chi connectivity index (χ2v) is 6.59. The molecule has 0 saturated carbocycles. The molecule has 1 aromatic rings.